The minimum absolute atomic E-state index is 0.00643. The molecule has 0 spiro atoms. The van der Waals surface area contributed by atoms with Crippen LogP contribution in [0.3, 0.4) is 0 Å². The largest absolute Gasteiger partial charge is 0.479 e. The van der Waals surface area contributed by atoms with Crippen molar-refractivity contribution in [2.45, 2.75) is 32.3 Å². The van der Waals surface area contributed by atoms with E-state index in [2.05, 4.69) is 15.9 Å². The third-order valence-corrected chi connectivity index (χ3v) is 3.13. The second-order valence-electron chi connectivity index (χ2n) is 4.08. The molecule has 0 saturated carbocycles. The van der Waals surface area contributed by atoms with Crippen LogP contribution in [0.25, 0.3) is 0 Å². The van der Waals surface area contributed by atoms with Gasteiger partial charge in [-0.25, -0.2) is 9.18 Å². The molecule has 0 radical (unpaired) electrons. The Morgan fingerprint density at radius 3 is 2.75 bits per heavy atom. The van der Waals surface area contributed by atoms with Gasteiger partial charge in [-0.1, -0.05) is 13.3 Å². The lowest BCUT2D eigenvalue weighted by Crippen LogP contribution is -2.27. The van der Waals surface area contributed by atoms with Crippen molar-refractivity contribution in [3.05, 3.63) is 32.5 Å². The van der Waals surface area contributed by atoms with Crippen molar-refractivity contribution in [3.63, 3.8) is 0 Å². The summed E-state index contributed by atoms with van der Waals surface area (Å²) in [5.41, 5.74) is -0.611. The van der Waals surface area contributed by atoms with E-state index in [4.69, 9.17) is 9.84 Å². The van der Waals surface area contributed by atoms with Crippen LogP contribution < -0.4 is 4.74 Å². The fourth-order valence-electron chi connectivity index (χ4n) is 1.56. The first-order valence-corrected chi connectivity index (χ1v) is 6.69. The number of hydrogen-bond donors (Lipinski definition) is 1. The minimum Gasteiger partial charge on any atom is -0.479 e. The maximum absolute atomic E-state index is 13.2. The van der Waals surface area contributed by atoms with Gasteiger partial charge in [0, 0.05) is 0 Å². The zero-order valence-electron chi connectivity index (χ0n) is 10.6. The summed E-state index contributed by atoms with van der Waals surface area (Å²) in [4.78, 5) is 21.1. The van der Waals surface area contributed by atoms with Crippen LogP contribution in [0.4, 0.5) is 10.1 Å². The number of nitro groups is 1. The molecule has 0 bridgehead atoms. The molecule has 1 rings (SSSR count). The van der Waals surface area contributed by atoms with E-state index in [1.54, 1.807) is 0 Å². The second-order valence-corrected chi connectivity index (χ2v) is 4.93. The van der Waals surface area contributed by atoms with Gasteiger partial charge in [0.25, 0.3) is 0 Å². The zero-order chi connectivity index (χ0) is 15.3. The third-order valence-electron chi connectivity index (χ3n) is 2.54. The molecule has 0 fully saturated rings. The van der Waals surface area contributed by atoms with E-state index in [1.807, 2.05) is 6.92 Å². The van der Waals surface area contributed by atoms with Crippen molar-refractivity contribution in [1.82, 2.24) is 0 Å². The van der Waals surface area contributed by atoms with Gasteiger partial charge in [0.15, 0.2) is 6.10 Å². The molecule has 1 N–H and O–H groups in total. The highest BCUT2D eigenvalue weighted by Gasteiger charge is 2.26. The number of rotatable bonds is 7. The smallest absolute Gasteiger partial charge is 0.344 e. The van der Waals surface area contributed by atoms with E-state index < -0.39 is 28.5 Å². The Labute approximate surface area is 122 Å². The van der Waals surface area contributed by atoms with Gasteiger partial charge in [0.1, 0.15) is 5.82 Å². The topological polar surface area (TPSA) is 89.7 Å². The Morgan fingerprint density at radius 2 is 2.25 bits per heavy atom. The molecular weight excluding hydrogens is 337 g/mol. The van der Waals surface area contributed by atoms with Crippen molar-refractivity contribution >= 4 is 27.6 Å². The Balaban J connectivity index is 3.11. The number of benzene rings is 1. The Kier molecular flexibility index (Phi) is 5.87. The van der Waals surface area contributed by atoms with Gasteiger partial charge >= 0.3 is 11.7 Å². The first kappa shape index (κ1) is 16.4. The van der Waals surface area contributed by atoms with E-state index in [1.165, 1.54) is 0 Å². The lowest BCUT2D eigenvalue weighted by atomic mass is 10.1. The average Bonchev–Trinajstić information content (AvgIpc) is 2.35. The number of unbranched alkanes of at least 4 members (excludes halogenated alkanes) is 1. The minimum atomic E-state index is -1.22. The lowest BCUT2D eigenvalue weighted by Gasteiger charge is -2.15. The fourth-order valence-corrected chi connectivity index (χ4v) is 2.08. The van der Waals surface area contributed by atoms with Gasteiger partial charge in [-0.3, -0.25) is 10.1 Å². The van der Waals surface area contributed by atoms with Crippen LogP contribution in [0.5, 0.6) is 5.75 Å². The quantitative estimate of drug-likeness (QED) is 0.600. The summed E-state index contributed by atoms with van der Waals surface area (Å²) < 4.78 is 18.4. The van der Waals surface area contributed by atoms with E-state index >= 15 is 0 Å². The van der Waals surface area contributed by atoms with Crippen LogP contribution in [0, 0.1) is 15.9 Å². The first-order valence-electron chi connectivity index (χ1n) is 5.89. The Bertz CT molecular complexity index is 523. The highest BCUT2D eigenvalue weighted by molar-refractivity contribution is 9.10. The Morgan fingerprint density at radius 1 is 1.60 bits per heavy atom. The van der Waals surface area contributed by atoms with Crippen LogP contribution in [0.15, 0.2) is 16.6 Å². The summed E-state index contributed by atoms with van der Waals surface area (Å²) in [7, 11) is 0. The molecule has 6 nitrogen and oxygen atoms in total. The van der Waals surface area contributed by atoms with Crippen LogP contribution in [-0.4, -0.2) is 22.1 Å². The standard InChI is InChI=1S/C12H13BrFNO5/c1-2-3-4-10(12(16)17)20-11-8(13)5-7(14)6-9(11)15(18)19/h5-6,10H,2-4H2,1H3,(H,16,17). The van der Waals surface area contributed by atoms with Crippen molar-refractivity contribution in [1.29, 1.82) is 0 Å². The van der Waals surface area contributed by atoms with E-state index in [9.17, 15) is 19.3 Å². The van der Waals surface area contributed by atoms with Gasteiger partial charge in [0.2, 0.25) is 5.75 Å². The number of carbonyl (C=O) groups is 1. The van der Waals surface area contributed by atoms with Crippen LogP contribution in [-0.2, 0) is 4.79 Å². The average molecular weight is 350 g/mol. The lowest BCUT2D eigenvalue weighted by molar-refractivity contribution is -0.386. The summed E-state index contributed by atoms with van der Waals surface area (Å²) in [5.74, 6) is -2.31. The third kappa shape index (κ3) is 4.16. The number of nitrogens with zero attached hydrogens (tertiary/aromatic N) is 1. The molecule has 1 aromatic carbocycles. The molecule has 1 aromatic rings. The predicted octanol–water partition coefficient (Wildman–Crippen LogP) is 3.52. The summed E-state index contributed by atoms with van der Waals surface area (Å²) in [6.45, 7) is 1.88. The van der Waals surface area contributed by atoms with Gasteiger partial charge in [0.05, 0.1) is 15.5 Å². The summed E-state index contributed by atoms with van der Waals surface area (Å²) in [5, 5.41) is 19.9. The predicted molar refractivity (Wildman–Crippen MR) is 72.3 cm³/mol. The van der Waals surface area contributed by atoms with Crippen molar-refractivity contribution < 1.29 is 24.0 Å². The number of carboxylic acids is 1. The monoisotopic (exact) mass is 349 g/mol. The fraction of sp³-hybridized carbons (Fsp3) is 0.417. The van der Waals surface area contributed by atoms with Gasteiger partial charge in [-0.05, 0) is 34.8 Å². The number of hydrogen-bond acceptors (Lipinski definition) is 4. The number of ether oxygens (including phenoxy) is 1. The number of nitro benzene ring substituents is 1. The summed E-state index contributed by atoms with van der Waals surface area (Å²) in [6.07, 6.45) is 0.367. The van der Waals surface area contributed by atoms with Gasteiger partial charge in [-0.15, -0.1) is 0 Å². The van der Waals surface area contributed by atoms with Crippen LogP contribution in [0.2, 0.25) is 0 Å². The maximum Gasteiger partial charge on any atom is 0.344 e. The molecule has 0 amide bonds. The van der Waals surface area contributed by atoms with E-state index in [0.29, 0.717) is 12.5 Å². The molecule has 0 aromatic heterocycles. The normalized spacial score (nSPS) is 11.9. The van der Waals surface area contributed by atoms with Crippen LogP contribution in [0.1, 0.15) is 26.2 Å². The number of aliphatic carboxylic acids is 1. The molecular formula is C12H13BrFNO5. The molecule has 110 valence electrons. The molecule has 8 heteroatoms. The molecule has 1 unspecified atom stereocenters. The maximum atomic E-state index is 13.2. The van der Waals surface area contributed by atoms with Crippen LogP contribution >= 0.6 is 15.9 Å². The number of halogens is 2. The second kappa shape index (κ2) is 7.18. The summed E-state index contributed by atoms with van der Waals surface area (Å²) >= 11 is 2.95. The molecule has 1 atom stereocenters. The van der Waals surface area contributed by atoms with Crippen molar-refractivity contribution in [2.75, 3.05) is 0 Å². The van der Waals surface area contributed by atoms with Crippen molar-refractivity contribution in [3.8, 4) is 5.75 Å². The molecule has 0 aliphatic rings. The summed E-state index contributed by atoms with van der Waals surface area (Å²) in [6, 6.07) is 1.68. The van der Waals surface area contributed by atoms with E-state index in [-0.39, 0.29) is 16.6 Å². The SMILES string of the molecule is CCCCC(Oc1c(Br)cc(F)cc1[N+](=O)[O-])C(=O)O. The highest BCUT2D eigenvalue weighted by atomic mass is 79.9. The first-order chi connectivity index (χ1) is 9.36. The Hall–Kier alpha value is -1.70. The molecule has 0 heterocycles. The van der Waals surface area contributed by atoms with E-state index in [0.717, 1.165) is 12.5 Å². The molecule has 0 aliphatic carbocycles. The molecule has 0 saturated heterocycles. The molecule has 20 heavy (non-hydrogen) atoms. The highest BCUT2D eigenvalue weighted by Crippen LogP contribution is 2.37. The molecule has 0 aliphatic heterocycles. The van der Waals surface area contributed by atoms with Crippen molar-refractivity contribution in [2.24, 2.45) is 0 Å². The van der Waals surface area contributed by atoms with Gasteiger partial charge < -0.3 is 9.84 Å². The zero-order valence-corrected chi connectivity index (χ0v) is 12.2. The number of carboxylic acid groups (broad SMARTS) is 1. The van der Waals surface area contributed by atoms with Gasteiger partial charge in [-0.2, -0.15) is 0 Å².